The van der Waals surface area contributed by atoms with E-state index >= 15 is 0 Å². The highest BCUT2D eigenvalue weighted by molar-refractivity contribution is 6.05. The van der Waals surface area contributed by atoms with E-state index in [-0.39, 0.29) is 13.1 Å². The van der Waals surface area contributed by atoms with Gasteiger partial charge in [0.1, 0.15) is 17.7 Å². The molecule has 0 spiro atoms. The van der Waals surface area contributed by atoms with E-state index in [1.807, 2.05) is 18.2 Å². The van der Waals surface area contributed by atoms with Crippen LogP contribution in [0.1, 0.15) is 45.1 Å². The molecule has 0 aromatic heterocycles. The van der Waals surface area contributed by atoms with Crippen LogP contribution in [0.4, 0.5) is 9.59 Å². The molecule has 1 aromatic rings. The predicted octanol–water partition coefficient (Wildman–Crippen LogP) is 1.86. The topological polar surface area (TPSA) is 108 Å². The molecule has 10 heteroatoms. The van der Waals surface area contributed by atoms with Gasteiger partial charge < -0.3 is 19.8 Å². The van der Waals surface area contributed by atoms with Crippen LogP contribution in [0.15, 0.2) is 30.3 Å². The summed E-state index contributed by atoms with van der Waals surface area (Å²) in [6.07, 6.45) is 0.783. The first-order valence-electron chi connectivity index (χ1n) is 11.3. The molecule has 1 aromatic carbocycles. The molecule has 2 atom stereocenters. The van der Waals surface area contributed by atoms with Crippen LogP contribution in [0.25, 0.3) is 0 Å². The molecule has 3 saturated heterocycles. The lowest BCUT2D eigenvalue weighted by atomic mass is 9.90. The Balaban J connectivity index is 1.39. The number of amides is 4. The minimum Gasteiger partial charge on any atom is -0.458 e. The minimum atomic E-state index is -0.982. The largest absolute Gasteiger partial charge is 0.458 e. The molecule has 0 radical (unpaired) electrons. The summed E-state index contributed by atoms with van der Waals surface area (Å²) < 4.78 is 5.41. The summed E-state index contributed by atoms with van der Waals surface area (Å²) in [7, 11) is 0. The van der Waals surface area contributed by atoms with E-state index in [1.54, 1.807) is 20.8 Å². The van der Waals surface area contributed by atoms with Crippen LogP contribution < -0.4 is 5.32 Å². The minimum absolute atomic E-state index is 0.152. The number of piperazine rings is 1. The summed E-state index contributed by atoms with van der Waals surface area (Å²) in [5, 5.41) is 3.48. The summed E-state index contributed by atoms with van der Waals surface area (Å²) in [5.74, 6) is -0.940. The molecule has 4 rings (SSSR count). The average molecular weight is 459 g/mol. The molecule has 0 bridgehead atoms. The number of ether oxygens (including phenoxy) is 1. The SMILES string of the molecule is CC(C)(C)OC(=O)C1CNCC2C(=O)N(OC(=O)N3CCC(c4ccccc4)CC3)C(=O)N12. The first-order valence-corrected chi connectivity index (χ1v) is 11.3. The number of carbonyl (C=O) groups is 4. The summed E-state index contributed by atoms with van der Waals surface area (Å²) in [4.78, 5) is 59.1. The highest BCUT2D eigenvalue weighted by Gasteiger charge is 2.54. The molecule has 2 unspecified atom stereocenters. The van der Waals surface area contributed by atoms with Crippen molar-refractivity contribution in [2.45, 2.75) is 57.2 Å². The van der Waals surface area contributed by atoms with Crippen LogP contribution >= 0.6 is 0 Å². The predicted molar refractivity (Wildman–Crippen MR) is 117 cm³/mol. The second kappa shape index (κ2) is 9.01. The lowest BCUT2D eigenvalue weighted by molar-refractivity contribution is -0.161. The summed E-state index contributed by atoms with van der Waals surface area (Å²) >= 11 is 0. The van der Waals surface area contributed by atoms with Gasteiger partial charge in [0.25, 0.3) is 5.91 Å². The van der Waals surface area contributed by atoms with Gasteiger partial charge in [-0.1, -0.05) is 35.4 Å². The first-order chi connectivity index (χ1) is 15.7. The van der Waals surface area contributed by atoms with Crippen LogP contribution in [-0.4, -0.2) is 82.7 Å². The van der Waals surface area contributed by atoms with E-state index in [0.717, 1.165) is 17.7 Å². The van der Waals surface area contributed by atoms with Gasteiger partial charge in [-0.25, -0.2) is 14.4 Å². The van der Waals surface area contributed by atoms with Gasteiger partial charge in [-0.15, -0.1) is 0 Å². The van der Waals surface area contributed by atoms with E-state index in [9.17, 15) is 19.2 Å². The van der Waals surface area contributed by atoms with Crippen molar-refractivity contribution in [3.63, 3.8) is 0 Å². The Kier molecular flexibility index (Phi) is 6.29. The van der Waals surface area contributed by atoms with Gasteiger partial charge in [-0.05, 0) is 45.1 Å². The molecule has 0 saturated carbocycles. The number of hydroxylamine groups is 2. The number of nitrogens with one attached hydrogen (secondary N) is 1. The highest BCUT2D eigenvalue weighted by Crippen LogP contribution is 2.29. The van der Waals surface area contributed by atoms with Crippen molar-refractivity contribution in [1.29, 1.82) is 0 Å². The normalized spacial score (nSPS) is 24.0. The van der Waals surface area contributed by atoms with Crippen molar-refractivity contribution >= 4 is 24.0 Å². The number of esters is 1. The van der Waals surface area contributed by atoms with Gasteiger partial charge in [0.2, 0.25) is 0 Å². The number of carbonyl (C=O) groups excluding carboxylic acids is 4. The fourth-order valence-corrected chi connectivity index (χ4v) is 4.49. The summed E-state index contributed by atoms with van der Waals surface area (Å²) in [6.45, 7) is 6.42. The Morgan fingerprint density at radius 2 is 1.70 bits per heavy atom. The smallest absolute Gasteiger partial charge is 0.434 e. The Hall–Kier alpha value is -3.14. The van der Waals surface area contributed by atoms with Crippen LogP contribution in [0.3, 0.4) is 0 Å². The van der Waals surface area contributed by atoms with Crippen molar-refractivity contribution in [2.24, 2.45) is 0 Å². The monoisotopic (exact) mass is 458 g/mol. The van der Waals surface area contributed by atoms with E-state index in [1.165, 1.54) is 10.5 Å². The second-order valence-electron chi connectivity index (χ2n) is 9.57. The maximum Gasteiger partial charge on any atom is 0.434 e. The van der Waals surface area contributed by atoms with Crippen molar-refractivity contribution in [3.8, 4) is 0 Å². The van der Waals surface area contributed by atoms with Gasteiger partial charge in [-0.3, -0.25) is 9.69 Å². The molecule has 3 aliphatic heterocycles. The summed E-state index contributed by atoms with van der Waals surface area (Å²) in [6, 6.07) is 7.37. The Morgan fingerprint density at radius 3 is 2.33 bits per heavy atom. The van der Waals surface area contributed by atoms with Gasteiger partial charge in [0.05, 0.1) is 0 Å². The fraction of sp³-hybridized carbons (Fsp3) is 0.565. The second-order valence-corrected chi connectivity index (χ2v) is 9.57. The number of rotatable bonds is 3. The van der Waals surface area contributed by atoms with E-state index in [0.29, 0.717) is 24.1 Å². The zero-order valence-corrected chi connectivity index (χ0v) is 19.2. The van der Waals surface area contributed by atoms with E-state index in [2.05, 4.69) is 17.4 Å². The Morgan fingerprint density at radius 1 is 1.03 bits per heavy atom. The third-order valence-electron chi connectivity index (χ3n) is 6.10. The summed E-state index contributed by atoms with van der Waals surface area (Å²) in [5.41, 5.74) is 0.488. The molecular formula is C23H30N4O6. The standard InChI is InChI=1S/C23H30N4O6/c1-23(2,3)32-20(29)18-14-24-13-17-19(28)27(21(30)26(17)18)33-22(31)25-11-9-16(10-12-25)15-7-5-4-6-8-15/h4-8,16-18,24H,9-14H2,1-3H3. The van der Waals surface area contributed by atoms with Crippen molar-refractivity contribution in [2.75, 3.05) is 26.2 Å². The number of hydrogen-bond donors (Lipinski definition) is 1. The number of fused-ring (bicyclic) bond motifs is 1. The van der Waals surface area contributed by atoms with Gasteiger partial charge in [0, 0.05) is 26.2 Å². The number of urea groups is 1. The van der Waals surface area contributed by atoms with Crippen molar-refractivity contribution in [1.82, 2.24) is 20.2 Å². The molecule has 4 amide bonds. The number of hydrogen-bond acceptors (Lipinski definition) is 7. The molecule has 10 nitrogen and oxygen atoms in total. The highest BCUT2D eigenvalue weighted by atomic mass is 16.7. The number of nitrogens with zero attached hydrogens (tertiary/aromatic N) is 3. The number of imide groups is 1. The quantitative estimate of drug-likeness (QED) is 0.544. The van der Waals surface area contributed by atoms with Crippen molar-refractivity contribution < 1.29 is 28.8 Å². The molecule has 3 fully saturated rings. The lowest BCUT2D eigenvalue weighted by Gasteiger charge is -2.35. The lowest BCUT2D eigenvalue weighted by Crippen LogP contribution is -2.60. The zero-order valence-electron chi connectivity index (χ0n) is 19.2. The molecule has 3 aliphatic rings. The van der Waals surface area contributed by atoms with Crippen LogP contribution in [0.2, 0.25) is 0 Å². The van der Waals surface area contributed by atoms with Gasteiger partial charge >= 0.3 is 18.1 Å². The third kappa shape index (κ3) is 4.80. The van der Waals surface area contributed by atoms with Crippen LogP contribution in [0.5, 0.6) is 0 Å². The molecule has 33 heavy (non-hydrogen) atoms. The first kappa shape index (κ1) is 23.0. The van der Waals surface area contributed by atoms with Crippen LogP contribution in [0, 0.1) is 0 Å². The van der Waals surface area contributed by atoms with Crippen molar-refractivity contribution in [3.05, 3.63) is 35.9 Å². The average Bonchev–Trinajstić information content (AvgIpc) is 3.03. The maximum absolute atomic E-state index is 13.0. The number of piperidine rings is 1. The molecule has 3 heterocycles. The van der Waals surface area contributed by atoms with Gasteiger partial charge in [0.15, 0.2) is 0 Å². The molecular weight excluding hydrogens is 428 g/mol. The number of likely N-dealkylation sites (tertiary alicyclic amines) is 1. The van der Waals surface area contributed by atoms with Gasteiger partial charge in [-0.2, -0.15) is 0 Å². The Labute approximate surface area is 192 Å². The maximum atomic E-state index is 13.0. The van der Waals surface area contributed by atoms with E-state index < -0.39 is 41.7 Å². The molecule has 0 aliphatic carbocycles. The number of benzene rings is 1. The fourth-order valence-electron chi connectivity index (χ4n) is 4.49. The van der Waals surface area contributed by atoms with E-state index in [4.69, 9.17) is 9.57 Å². The Bertz CT molecular complexity index is 923. The molecule has 1 N–H and O–H groups in total. The third-order valence-corrected chi connectivity index (χ3v) is 6.10. The zero-order chi connectivity index (χ0) is 23.8. The van der Waals surface area contributed by atoms with Crippen LogP contribution in [-0.2, 0) is 19.2 Å². The molecule has 178 valence electrons.